The summed E-state index contributed by atoms with van der Waals surface area (Å²) in [5.74, 6) is 2.42. The van der Waals surface area contributed by atoms with Gasteiger partial charge in [0.1, 0.15) is 23.9 Å². The fraction of sp³-hybridized carbons (Fsp3) is 0.435. The Hall–Kier alpha value is -2.69. The third kappa shape index (κ3) is 6.19. The molecule has 0 saturated carbocycles. The zero-order chi connectivity index (χ0) is 20.7. The lowest BCUT2D eigenvalue weighted by Crippen LogP contribution is -2.43. The molecule has 5 nitrogen and oxygen atoms in total. The Labute approximate surface area is 168 Å². The molecule has 0 aliphatic heterocycles. The average molecular weight is 386 g/mol. The van der Waals surface area contributed by atoms with E-state index in [-0.39, 0.29) is 11.9 Å². The van der Waals surface area contributed by atoms with E-state index in [9.17, 15) is 4.79 Å². The molecule has 0 saturated heterocycles. The minimum absolute atomic E-state index is 0.150. The molecular weight excluding hydrogens is 354 g/mol. The maximum atomic E-state index is 12.5. The van der Waals surface area contributed by atoms with Crippen molar-refractivity contribution in [3.8, 4) is 17.2 Å². The lowest BCUT2D eigenvalue weighted by molar-refractivity contribution is -0.128. The first-order chi connectivity index (χ1) is 13.3. The van der Waals surface area contributed by atoms with E-state index in [0.717, 1.165) is 28.4 Å². The number of benzene rings is 2. The van der Waals surface area contributed by atoms with Crippen molar-refractivity contribution in [3.05, 3.63) is 53.6 Å². The molecule has 2 rings (SSSR count). The van der Waals surface area contributed by atoms with Gasteiger partial charge in [0.05, 0.1) is 13.2 Å². The SMILES string of the molecule is COc1ccc(OC[C@H](C)NC(=O)[C@@H](C)Oc2cc(C)ccc2C(C)C)cc1. The van der Waals surface area contributed by atoms with Gasteiger partial charge in [-0.05, 0) is 68.1 Å². The monoisotopic (exact) mass is 385 g/mol. The summed E-state index contributed by atoms with van der Waals surface area (Å²) in [6.45, 7) is 10.3. The van der Waals surface area contributed by atoms with Crippen LogP contribution in [0.25, 0.3) is 0 Å². The zero-order valence-corrected chi connectivity index (χ0v) is 17.6. The van der Waals surface area contributed by atoms with Crippen molar-refractivity contribution in [3.63, 3.8) is 0 Å². The van der Waals surface area contributed by atoms with Gasteiger partial charge in [0.15, 0.2) is 6.10 Å². The van der Waals surface area contributed by atoms with Gasteiger partial charge in [-0.3, -0.25) is 4.79 Å². The van der Waals surface area contributed by atoms with Crippen molar-refractivity contribution < 1.29 is 19.0 Å². The molecule has 1 amide bonds. The smallest absolute Gasteiger partial charge is 0.261 e. The van der Waals surface area contributed by atoms with E-state index >= 15 is 0 Å². The number of hydrogen-bond acceptors (Lipinski definition) is 4. The molecular formula is C23H31NO4. The second kappa shape index (κ2) is 10.0. The normalized spacial score (nSPS) is 13.0. The van der Waals surface area contributed by atoms with Crippen LogP contribution in [0.5, 0.6) is 17.2 Å². The van der Waals surface area contributed by atoms with E-state index in [1.165, 1.54) is 0 Å². The molecule has 0 radical (unpaired) electrons. The maximum absolute atomic E-state index is 12.5. The number of nitrogens with one attached hydrogen (secondary N) is 1. The number of rotatable bonds is 9. The Morgan fingerprint density at radius 3 is 2.25 bits per heavy atom. The molecule has 0 spiro atoms. The topological polar surface area (TPSA) is 56.8 Å². The van der Waals surface area contributed by atoms with Crippen LogP contribution in [-0.4, -0.2) is 31.8 Å². The standard InChI is InChI=1S/C23H31NO4/c1-15(2)21-12-7-16(3)13-22(21)28-18(5)23(25)24-17(4)14-27-20-10-8-19(26-6)9-11-20/h7-13,15,17-18H,14H2,1-6H3,(H,24,25)/t17-,18+/m0/s1. The van der Waals surface area contributed by atoms with Crippen LogP contribution in [0.3, 0.4) is 0 Å². The van der Waals surface area contributed by atoms with Crippen molar-refractivity contribution in [2.24, 2.45) is 0 Å². The second-order valence-corrected chi connectivity index (χ2v) is 7.35. The van der Waals surface area contributed by atoms with Crippen LogP contribution in [0.2, 0.25) is 0 Å². The lowest BCUT2D eigenvalue weighted by Gasteiger charge is -2.21. The van der Waals surface area contributed by atoms with Crippen LogP contribution in [0.15, 0.2) is 42.5 Å². The van der Waals surface area contributed by atoms with E-state index < -0.39 is 6.10 Å². The summed E-state index contributed by atoms with van der Waals surface area (Å²) in [5.41, 5.74) is 2.20. The van der Waals surface area contributed by atoms with Crippen molar-refractivity contribution in [2.75, 3.05) is 13.7 Å². The van der Waals surface area contributed by atoms with E-state index in [1.54, 1.807) is 14.0 Å². The Morgan fingerprint density at radius 1 is 1.00 bits per heavy atom. The van der Waals surface area contributed by atoms with Crippen molar-refractivity contribution >= 4 is 5.91 Å². The summed E-state index contributed by atoms with van der Waals surface area (Å²) < 4.78 is 16.8. The minimum atomic E-state index is -0.595. The third-order valence-electron chi connectivity index (χ3n) is 4.41. The van der Waals surface area contributed by atoms with Crippen LogP contribution in [0, 0.1) is 6.92 Å². The number of ether oxygens (including phenoxy) is 3. The summed E-state index contributed by atoms with van der Waals surface area (Å²) in [6, 6.07) is 13.3. The first kappa shape index (κ1) is 21.6. The van der Waals surface area contributed by atoms with Crippen LogP contribution >= 0.6 is 0 Å². The molecule has 2 aromatic carbocycles. The molecule has 0 unspecified atom stereocenters. The molecule has 0 aromatic heterocycles. The first-order valence-corrected chi connectivity index (χ1v) is 9.64. The summed E-state index contributed by atoms with van der Waals surface area (Å²) >= 11 is 0. The number of hydrogen-bond donors (Lipinski definition) is 1. The quantitative estimate of drug-likeness (QED) is 0.692. The van der Waals surface area contributed by atoms with Gasteiger partial charge in [-0.15, -0.1) is 0 Å². The van der Waals surface area contributed by atoms with Gasteiger partial charge in [-0.2, -0.15) is 0 Å². The number of amides is 1. The van der Waals surface area contributed by atoms with Crippen LogP contribution in [0.1, 0.15) is 44.7 Å². The highest BCUT2D eigenvalue weighted by molar-refractivity contribution is 5.81. The molecule has 2 aromatic rings. The van der Waals surface area contributed by atoms with E-state index in [4.69, 9.17) is 14.2 Å². The number of aryl methyl sites for hydroxylation is 1. The summed E-state index contributed by atoms with van der Waals surface area (Å²) in [6.07, 6.45) is -0.595. The molecule has 2 atom stereocenters. The van der Waals surface area contributed by atoms with Gasteiger partial charge in [0.2, 0.25) is 0 Å². The van der Waals surface area contributed by atoms with Gasteiger partial charge in [0.25, 0.3) is 5.91 Å². The fourth-order valence-electron chi connectivity index (χ4n) is 2.76. The molecule has 0 fully saturated rings. The Balaban J connectivity index is 1.88. The van der Waals surface area contributed by atoms with Crippen LogP contribution in [0.4, 0.5) is 0 Å². The van der Waals surface area contributed by atoms with E-state index in [1.807, 2.05) is 44.2 Å². The van der Waals surface area contributed by atoms with Crippen molar-refractivity contribution in [1.29, 1.82) is 0 Å². The fourth-order valence-corrected chi connectivity index (χ4v) is 2.76. The lowest BCUT2D eigenvalue weighted by atomic mass is 10.0. The molecule has 0 heterocycles. The summed E-state index contributed by atoms with van der Waals surface area (Å²) in [7, 11) is 1.62. The van der Waals surface area contributed by atoms with Crippen LogP contribution < -0.4 is 19.5 Å². The number of carbonyl (C=O) groups excluding carboxylic acids is 1. The minimum Gasteiger partial charge on any atom is -0.497 e. The van der Waals surface area contributed by atoms with E-state index in [0.29, 0.717) is 12.5 Å². The van der Waals surface area contributed by atoms with Crippen molar-refractivity contribution in [2.45, 2.75) is 52.7 Å². The molecule has 152 valence electrons. The highest BCUT2D eigenvalue weighted by Gasteiger charge is 2.19. The third-order valence-corrected chi connectivity index (χ3v) is 4.41. The average Bonchev–Trinajstić information content (AvgIpc) is 2.66. The molecule has 5 heteroatoms. The second-order valence-electron chi connectivity index (χ2n) is 7.35. The predicted octanol–water partition coefficient (Wildman–Crippen LogP) is 4.48. The van der Waals surface area contributed by atoms with Gasteiger partial charge in [-0.25, -0.2) is 0 Å². The molecule has 1 N–H and O–H groups in total. The van der Waals surface area contributed by atoms with E-state index in [2.05, 4.69) is 31.3 Å². The Morgan fingerprint density at radius 2 is 1.64 bits per heavy atom. The van der Waals surface area contributed by atoms with Gasteiger partial charge >= 0.3 is 0 Å². The summed E-state index contributed by atoms with van der Waals surface area (Å²) in [4.78, 5) is 12.5. The Kier molecular flexibility index (Phi) is 7.73. The summed E-state index contributed by atoms with van der Waals surface area (Å²) in [5, 5.41) is 2.94. The largest absolute Gasteiger partial charge is 0.497 e. The van der Waals surface area contributed by atoms with Gasteiger partial charge < -0.3 is 19.5 Å². The van der Waals surface area contributed by atoms with Gasteiger partial charge in [-0.1, -0.05) is 26.0 Å². The zero-order valence-electron chi connectivity index (χ0n) is 17.6. The first-order valence-electron chi connectivity index (χ1n) is 9.64. The predicted molar refractivity (Wildman–Crippen MR) is 111 cm³/mol. The maximum Gasteiger partial charge on any atom is 0.261 e. The Bertz CT molecular complexity index is 771. The highest BCUT2D eigenvalue weighted by atomic mass is 16.5. The molecule has 0 bridgehead atoms. The molecule has 0 aliphatic rings. The number of carbonyl (C=O) groups is 1. The highest BCUT2D eigenvalue weighted by Crippen LogP contribution is 2.28. The number of methoxy groups -OCH3 is 1. The van der Waals surface area contributed by atoms with Gasteiger partial charge in [0, 0.05) is 0 Å². The molecule has 0 aliphatic carbocycles. The van der Waals surface area contributed by atoms with Crippen molar-refractivity contribution in [1.82, 2.24) is 5.32 Å². The molecule has 28 heavy (non-hydrogen) atoms. The van der Waals surface area contributed by atoms with Crippen LogP contribution in [-0.2, 0) is 4.79 Å².